The van der Waals surface area contributed by atoms with Crippen LogP contribution in [0.25, 0.3) is 0 Å². The lowest BCUT2D eigenvalue weighted by molar-refractivity contribution is 0.336. The van der Waals surface area contributed by atoms with E-state index in [2.05, 4.69) is 36.2 Å². The SMILES string of the molecule is CCCCCC=CC/C=C\CCCCCCCC1=NCCO1. The molecule has 0 bridgehead atoms. The van der Waals surface area contributed by atoms with Crippen LogP contribution in [0, 0.1) is 0 Å². The van der Waals surface area contributed by atoms with Gasteiger partial charge in [0, 0.05) is 6.42 Å². The van der Waals surface area contributed by atoms with Gasteiger partial charge in [-0.1, -0.05) is 63.3 Å². The summed E-state index contributed by atoms with van der Waals surface area (Å²) in [7, 11) is 0. The molecule has 0 N–H and O–H groups in total. The molecular formula is C20H35NO. The van der Waals surface area contributed by atoms with Gasteiger partial charge in [0.25, 0.3) is 0 Å². The van der Waals surface area contributed by atoms with Crippen LogP contribution in [-0.2, 0) is 4.74 Å². The fourth-order valence-electron chi connectivity index (χ4n) is 2.62. The first-order chi connectivity index (χ1) is 10.9. The molecule has 0 fully saturated rings. The highest BCUT2D eigenvalue weighted by Gasteiger charge is 2.05. The number of unbranched alkanes of at least 4 members (excludes halogenated alkanes) is 8. The average molecular weight is 306 g/mol. The van der Waals surface area contributed by atoms with Gasteiger partial charge < -0.3 is 4.74 Å². The monoisotopic (exact) mass is 305 g/mol. The minimum absolute atomic E-state index is 0.801. The van der Waals surface area contributed by atoms with Gasteiger partial charge >= 0.3 is 0 Å². The van der Waals surface area contributed by atoms with E-state index >= 15 is 0 Å². The molecule has 22 heavy (non-hydrogen) atoms. The van der Waals surface area contributed by atoms with Crippen molar-refractivity contribution < 1.29 is 4.74 Å². The van der Waals surface area contributed by atoms with E-state index in [4.69, 9.17) is 4.74 Å². The van der Waals surface area contributed by atoms with Crippen molar-refractivity contribution in [2.75, 3.05) is 13.2 Å². The van der Waals surface area contributed by atoms with Gasteiger partial charge in [0.1, 0.15) is 6.61 Å². The maximum absolute atomic E-state index is 5.41. The molecule has 0 aromatic heterocycles. The van der Waals surface area contributed by atoms with Crippen molar-refractivity contribution in [1.82, 2.24) is 0 Å². The lowest BCUT2D eigenvalue weighted by Gasteiger charge is -2.01. The molecule has 0 spiro atoms. The van der Waals surface area contributed by atoms with E-state index in [1.54, 1.807) is 0 Å². The van der Waals surface area contributed by atoms with Crippen molar-refractivity contribution in [3.05, 3.63) is 24.3 Å². The molecule has 0 aromatic carbocycles. The van der Waals surface area contributed by atoms with Crippen molar-refractivity contribution in [3.63, 3.8) is 0 Å². The van der Waals surface area contributed by atoms with Crippen LogP contribution in [0.15, 0.2) is 29.3 Å². The van der Waals surface area contributed by atoms with E-state index < -0.39 is 0 Å². The van der Waals surface area contributed by atoms with Gasteiger partial charge in [-0.15, -0.1) is 0 Å². The summed E-state index contributed by atoms with van der Waals surface area (Å²) in [5.74, 6) is 0.991. The van der Waals surface area contributed by atoms with Gasteiger partial charge in [0.05, 0.1) is 6.54 Å². The van der Waals surface area contributed by atoms with Crippen molar-refractivity contribution in [2.24, 2.45) is 4.99 Å². The summed E-state index contributed by atoms with van der Waals surface area (Å²) < 4.78 is 5.41. The third kappa shape index (κ3) is 11.6. The minimum atomic E-state index is 0.801. The number of allylic oxidation sites excluding steroid dienone is 4. The summed E-state index contributed by atoms with van der Waals surface area (Å²) in [4.78, 5) is 4.32. The summed E-state index contributed by atoms with van der Waals surface area (Å²) in [6, 6.07) is 0. The fourth-order valence-corrected chi connectivity index (χ4v) is 2.62. The highest BCUT2D eigenvalue weighted by atomic mass is 16.5. The number of aliphatic imine (C=N–C) groups is 1. The Labute approximate surface area is 137 Å². The van der Waals surface area contributed by atoms with Gasteiger partial charge in [-0.05, 0) is 38.5 Å². The molecule has 126 valence electrons. The van der Waals surface area contributed by atoms with Crippen LogP contribution < -0.4 is 0 Å². The molecule has 0 aliphatic carbocycles. The van der Waals surface area contributed by atoms with E-state index in [9.17, 15) is 0 Å². The first-order valence-electron chi connectivity index (χ1n) is 9.39. The molecule has 1 heterocycles. The van der Waals surface area contributed by atoms with Crippen LogP contribution in [0.1, 0.15) is 84.0 Å². The molecule has 0 unspecified atom stereocenters. The van der Waals surface area contributed by atoms with Crippen molar-refractivity contribution in [2.45, 2.75) is 84.0 Å². The maximum Gasteiger partial charge on any atom is 0.183 e. The molecule has 2 nitrogen and oxygen atoms in total. The van der Waals surface area contributed by atoms with Crippen LogP contribution >= 0.6 is 0 Å². The second kappa shape index (κ2) is 14.9. The summed E-state index contributed by atoms with van der Waals surface area (Å²) in [5, 5.41) is 0. The van der Waals surface area contributed by atoms with Crippen molar-refractivity contribution in [3.8, 4) is 0 Å². The van der Waals surface area contributed by atoms with Crippen LogP contribution in [-0.4, -0.2) is 19.0 Å². The molecule has 1 aliphatic rings. The quantitative estimate of drug-likeness (QED) is 0.275. The van der Waals surface area contributed by atoms with E-state index in [0.29, 0.717) is 0 Å². The Morgan fingerprint density at radius 2 is 1.55 bits per heavy atom. The Kier molecular flexibility index (Phi) is 12.8. The van der Waals surface area contributed by atoms with E-state index in [0.717, 1.165) is 31.9 Å². The second-order valence-electron chi connectivity index (χ2n) is 6.10. The number of nitrogens with zero attached hydrogens (tertiary/aromatic N) is 1. The third-order valence-electron chi connectivity index (χ3n) is 3.99. The zero-order valence-electron chi connectivity index (χ0n) is 14.6. The van der Waals surface area contributed by atoms with Gasteiger partial charge in [0.2, 0.25) is 0 Å². The Hall–Kier alpha value is -1.05. The highest BCUT2D eigenvalue weighted by molar-refractivity contribution is 5.77. The molecule has 0 amide bonds. The first kappa shape index (κ1) is 19.0. The van der Waals surface area contributed by atoms with E-state index in [-0.39, 0.29) is 0 Å². The molecule has 1 rings (SSSR count). The van der Waals surface area contributed by atoms with E-state index in [1.165, 1.54) is 64.2 Å². The third-order valence-corrected chi connectivity index (χ3v) is 3.99. The van der Waals surface area contributed by atoms with Crippen LogP contribution in [0.5, 0.6) is 0 Å². The van der Waals surface area contributed by atoms with Gasteiger partial charge in [-0.2, -0.15) is 0 Å². The maximum atomic E-state index is 5.41. The number of hydrogen-bond donors (Lipinski definition) is 0. The summed E-state index contributed by atoms with van der Waals surface area (Å²) in [5.41, 5.74) is 0. The smallest absolute Gasteiger partial charge is 0.183 e. The zero-order valence-corrected chi connectivity index (χ0v) is 14.6. The molecular weight excluding hydrogens is 270 g/mol. The predicted octanol–water partition coefficient (Wildman–Crippen LogP) is 6.23. The van der Waals surface area contributed by atoms with Gasteiger partial charge in [-0.3, -0.25) is 4.99 Å². The molecule has 0 saturated carbocycles. The summed E-state index contributed by atoms with van der Waals surface area (Å²) in [6.45, 7) is 3.93. The Morgan fingerprint density at radius 1 is 0.864 bits per heavy atom. The highest BCUT2D eigenvalue weighted by Crippen LogP contribution is 2.10. The Balaban J connectivity index is 1.77. The number of rotatable bonds is 14. The van der Waals surface area contributed by atoms with Crippen molar-refractivity contribution >= 4 is 5.90 Å². The predicted molar refractivity (Wildman–Crippen MR) is 97.6 cm³/mol. The number of hydrogen-bond acceptors (Lipinski definition) is 2. The molecule has 0 atom stereocenters. The van der Waals surface area contributed by atoms with Crippen LogP contribution in [0.4, 0.5) is 0 Å². The lowest BCUT2D eigenvalue weighted by atomic mass is 10.1. The molecule has 1 aliphatic heterocycles. The van der Waals surface area contributed by atoms with Crippen LogP contribution in [0.3, 0.4) is 0 Å². The van der Waals surface area contributed by atoms with E-state index in [1.807, 2.05) is 0 Å². The molecule has 0 radical (unpaired) electrons. The topological polar surface area (TPSA) is 21.6 Å². The minimum Gasteiger partial charge on any atom is -0.479 e. The Bertz CT molecular complexity index is 331. The molecule has 2 heteroatoms. The lowest BCUT2D eigenvalue weighted by Crippen LogP contribution is -1.98. The standard InChI is InChI=1S/C20H35NO/c1-2-3-4-5-6-7-8-9-10-11-12-13-14-15-16-17-20-21-18-19-22-20/h6-7,9-10H,2-5,8,11-19H2,1H3/b7-6?,10-9-. The van der Waals surface area contributed by atoms with Gasteiger partial charge in [-0.25, -0.2) is 0 Å². The largest absolute Gasteiger partial charge is 0.479 e. The van der Waals surface area contributed by atoms with Crippen molar-refractivity contribution in [1.29, 1.82) is 0 Å². The number of ether oxygens (including phenoxy) is 1. The molecule has 0 saturated heterocycles. The normalized spacial score (nSPS) is 14.9. The first-order valence-corrected chi connectivity index (χ1v) is 9.39. The summed E-state index contributed by atoms with van der Waals surface area (Å²) >= 11 is 0. The van der Waals surface area contributed by atoms with Crippen LogP contribution in [0.2, 0.25) is 0 Å². The Morgan fingerprint density at radius 3 is 2.23 bits per heavy atom. The fraction of sp³-hybridized carbons (Fsp3) is 0.750. The molecule has 0 aromatic rings. The average Bonchev–Trinajstić information content (AvgIpc) is 3.04. The zero-order chi connectivity index (χ0) is 15.7. The second-order valence-corrected chi connectivity index (χ2v) is 6.10. The summed E-state index contributed by atoms with van der Waals surface area (Å²) in [6.07, 6.45) is 24.5. The van der Waals surface area contributed by atoms with Gasteiger partial charge in [0.15, 0.2) is 5.90 Å².